The average molecular weight is 285 g/mol. The fraction of sp³-hybridized carbons (Fsp3) is 0.467. The maximum Gasteiger partial charge on any atom is 0.219 e. The zero-order valence-corrected chi connectivity index (χ0v) is 12.1. The highest BCUT2D eigenvalue weighted by Gasteiger charge is 2.21. The highest BCUT2D eigenvalue weighted by Crippen LogP contribution is 2.21. The van der Waals surface area contributed by atoms with E-state index < -0.39 is 0 Å². The Morgan fingerprint density at radius 2 is 2.19 bits per heavy atom. The van der Waals surface area contributed by atoms with Gasteiger partial charge in [0.05, 0.1) is 17.6 Å². The number of aromatic nitrogens is 4. The summed E-state index contributed by atoms with van der Waals surface area (Å²) in [7, 11) is 0. The largest absolute Gasteiger partial charge is 0.343 e. The van der Waals surface area contributed by atoms with Gasteiger partial charge in [-0.15, -0.1) is 0 Å². The smallest absolute Gasteiger partial charge is 0.219 e. The van der Waals surface area contributed by atoms with E-state index in [1.165, 1.54) is 0 Å². The van der Waals surface area contributed by atoms with Gasteiger partial charge < -0.3 is 4.90 Å². The van der Waals surface area contributed by atoms with E-state index in [4.69, 9.17) is 0 Å². The van der Waals surface area contributed by atoms with Gasteiger partial charge >= 0.3 is 0 Å². The highest BCUT2D eigenvalue weighted by molar-refractivity contribution is 5.73. The zero-order chi connectivity index (χ0) is 14.7. The van der Waals surface area contributed by atoms with Crippen LogP contribution in [-0.2, 0) is 11.2 Å². The predicted octanol–water partition coefficient (Wildman–Crippen LogP) is 1.67. The Labute approximate surface area is 123 Å². The molecule has 0 bridgehead atoms. The van der Waals surface area contributed by atoms with Crippen molar-refractivity contribution in [3.05, 3.63) is 30.4 Å². The number of amides is 1. The van der Waals surface area contributed by atoms with Crippen LogP contribution < -0.4 is 0 Å². The molecule has 21 heavy (non-hydrogen) atoms. The minimum Gasteiger partial charge on any atom is -0.343 e. The van der Waals surface area contributed by atoms with Crippen molar-refractivity contribution in [2.45, 2.75) is 26.2 Å². The van der Waals surface area contributed by atoms with E-state index in [-0.39, 0.29) is 5.91 Å². The second-order valence-corrected chi connectivity index (χ2v) is 5.52. The monoisotopic (exact) mass is 285 g/mol. The first kappa shape index (κ1) is 13.7. The van der Waals surface area contributed by atoms with Gasteiger partial charge in [0.15, 0.2) is 0 Å². The number of likely N-dealkylation sites (tertiary alicyclic amines) is 1. The fourth-order valence-corrected chi connectivity index (χ4v) is 2.78. The first-order valence-electron chi connectivity index (χ1n) is 7.28. The van der Waals surface area contributed by atoms with E-state index in [0.717, 1.165) is 49.4 Å². The van der Waals surface area contributed by atoms with Crippen molar-refractivity contribution < 1.29 is 4.79 Å². The molecule has 1 fully saturated rings. The van der Waals surface area contributed by atoms with Crippen molar-refractivity contribution in [3.8, 4) is 11.4 Å². The highest BCUT2D eigenvalue weighted by atomic mass is 16.2. The molecule has 0 aliphatic carbocycles. The summed E-state index contributed by atoms with van der Waals surface area (Å²) >= 11 is 0. The Balaban J connectivity index is 1.64. The molecule has 2 aromatic heterocycles. The number of nitrogens with zero attached hydrogens (tertiary/aromatic N) is 4. The maximum atomic E-state index is 11.3. The fourth-order valence-electron chi connectivity index (χ4n) is 2.78. The lowest BCUT2D eigenvalue weighted by atomic mass is 9.92. The molecule has 6 nitrogen and oxygen atoms in total. The van der Waals surface area contributed by atoms with Crippen LogP contribution in [0.15, 0.2) is 24.7 Å². The summed E-state index contributed by atoms with van der Waals surface area (Å²) in [5.41, 5.74) is 2.71. The summed E-state index contributed by atoms with van der Waals surface area (Å²) in [4.78, 5) is 22.2. The first-order valence-corrected chi connectivity index (χ1v) is 7.28. The van der Waals surface area contributed by atoms with Crippen molar-refractivity contribution in [2.24, 2.45) is 5.92 Å². The molecule has 1 aliphatic heterocycles. The third-order valence-electron chi connectivity index (χ3n) is 4.02. The van der Waals surface area contributed by atoms with E-state index >= 15 is 0 Å². The number of rotatable bonds is 3. The van der Waals surface area contributed by atoms with E-state index in [9.17, 15) is 4.79 Å². The van der Waals surface area contributed by atoms with Crippen molar-refractivity contribution in [1.29, 1.82) is 0 Å². The third-order valence-corrected chi connectivity index (χ3v) is 4.02. The number of carbonyl (C=O) groups is 1. The summed E-state index contributed by atoms with van der Waals surface area (Å²) in [6.45, 7) is 3.35. The topological polar surface area (TPSA) is 74.8 Å². The Hall–Kier alpha value is -2.24. The van der Waals surface area contributed by atoms with Crippen LogP contribution in [0.2, 0.25) is 0 Å². The number of piperidine rings is 1. The lowest BCUT2D eigenvalue weighted by Gasteiger charge is -2.31. The summed E-state index contributed by atoms with van der Waals surface area (Å²) in [5, 5.41) is 6.84. The first-order chi connectivity index (χ1) is 10.2. The molecule has 0 spiro atoms. The SMILES string of the molecule is CC(=O)N1CCC(Cc2cncc(-c3ccn[nH]3)n2)CC1. The van der Waals surface area contributed by atoms with Crippen molar-refractivity contribution >= 4 is 5.91 Å². The van der Waals surface area contributed by atoms with Crippen LogP contribution in [-0.4, -0.2) is 44.1 Å². The van der Waals surface area contributed by atoms with Crippen LogP contribution >= 0.6 is 0 Å². The molecule has 0 aromatic carbocycles. The van der Waals surface area contributed by atoms with Gasteiger partial charge in [0.1, 0.15) is 5.69 Å². The quantitative estimate of drug-likeness (QED) is 0.930. The molecule has 110 valence electrons. The molecule has 1 amide bonds. The molecule has 1 aliphatic rings. The molecule has 0 radical (unpaired) electrons. The number of H-pyrrole nitrogens is 1. The Morgan fingerprint density at radius 1 is 1.38 bits per heavy atom. The zero-order valence-electron chi connectivity index (χ0n) is 12.1. The molecule has 2 aromatic rings. The van der Waals surface area contributed by atoms with E-state index in [0.29, 0.717) is 5.92 Å². The van der Waals surface area contributed by atoms with Gasteiger partial charge in [-0.25, -0.2) is 4.98 Å². The van der Waals surface area contributed by atoms with E-state index in [2.05, 4.69) is 20.2 Å². The van der Waals surface area contributed by atoms with Gasteiger partial charge in [0.25, 0.3) is 0 Å². The predicted molar refractivity (Wildman–Crippen MR) is 78.3 cm³/mol. The Bertz CT molecular complexity index is 602. The molecule has 0 saturated carbocycles. The van der Waals surface area contributed by atoms with Crippen LogP contribution in [0.4, 0.5) is 0 Å². The molecule has 6 heteroatoms. The number of carbonyl (C=O) groups excluding carboxylic acids is 1. The van der Waals surface area contributed by atoms with E-state index in [1.807, 2.05) is 17.2 Å². The molecular weight excluding hydrogens is 266 g/mol. The summed E-state index contributed by atoms with van der Waals surface area (Å²) < 4.78 is 0. The normalized spacial score (nSPS) is 16.1. The van der Waals surface area contributed by atoms with Crippen LogP contribution in [0.25, 0.3) is 11.4 Å². The van der Waals surface area contributed by atoms with Crippen molar-refractivity contribution in [2.75, 3.05) is 13.1 Å². The Morgan fingerprint density at radius 3 is 2.86 bits per heavy atom. The van der Waals surface area contributed by atoms with Gasteiger partial charge in [-0.3, -0.25) is 14.9 Å². The van der Waals surface area contributed by atoms with Gasteiger partial charge in [-0.2, -0.15) is 5.10 Å². The molecule has 3 heterocycles. The second kappa shape index (κ2) is 6.03. The van der Waals surface area contributed by atoms with Crippen molar-refractivity contribution in [1.82, 2.24) is 25.1 Å². The average Bonchev–Trinajstić information content (AvgIpc) is 3.02. The van der Waals surface area contributed by atoms with Crippen LogP contribution in [0, 0.1) is 5.92 Å². The summed E-state index contributed by atoms with van der Waals surface area (Å²) in [6.07, 6.45) is 8.28. The van der Waals surface area contributed by atoms with Gasteiger partial charge in [-0.05, 0) is 31.2 Å². The standard InChI is InChI=1S/C15H19N5O/c1-11(21)20-6-3-12(4-7-20)8-13-9-16-10-15(18-13)14-2-5-17-19-14/h2,5,9-10,12H,3-4,6-8H2,1H3,(H,17,19). The summed E-state index contributed by atoms with van der Waals surface area (Å²) in [5.74, 6) is 0.751. The Kier molecular flexibility index (Phi) is 3.94. The number of aromatic amines is 1. The third kappa shape index (κ3) is 3.26. The number of hydrogen-bond donors (Lipinski definition) is 1. The number of hydrogen-bond acceptors (Lipinski definition) is 4. The molecule has 1 N–H and O–H groups in total. The molecule has 0 unspecified atom stereocenters. The van der Waals surface area contributed by atoms with Gasteiger partial charge in [-0.1, -0.05) is 0 Å². The van der Waals surface area contributed by atoms with Gasteiger partial charge in [0, 0.05) is 32.4 Å². The molecule has 3 rings (SSSR count). The maximum absolute atomic E-state index is 11.3. The molecular formula is C15H19N5O. The van der Waals surface area contributed by atoms with Gasteiger partial charge in [0.2, 0.25) is 5.91 Å². The minimum atomic E-state index is 0.175. The van der Waals surface area contributed by atoms with E-state index in [1.54, 1.807) is 19.3 Å². The van der Waals surface area contributed by atoms with Crippen LogP contribution in [0.3, 0.4) is 0 Å². The molecule has 1 saturated heterocycles. The van der Waals surface area contributed by atoms with Crippen LogP contribution in [0.5, 0.6) is 0 Å². The lowest BCUT2D eigenvalue weighted by Crippen LogP contribution is -2.37. The summed E-state index contributed by atoms with van der Waals surface area (Å²) in [6, 6.07) is 1.89. The van der Waals surface area contributed by atoms with Crippen molar-refractivity contribution in [3.63, 3.8) is 0 Å². The number of nitrogens with one attached hydrogen (secondary N) is 1. The second-order valence-electron chi connectivity index (χ2n) is 5.52. The minimum absolute atomic E-state index is 0.175. The lowest BCUT2D eigenvalue weighted by molar-refractivity contribution is -0.130. The van der Waals surface area contributed by atoms with Crippen LogP contribution in [0.1, 0.15) is 25.5 Å². The molecule has 0 atom stereocenters.